The Morgan fingerprint density at radius 2 is 1.18 bits per heavy atom. The van der Waals surface area contributed by atoms with Gasteiger partial charge >= 0.3 is 0 Å². The first-order chi connectivity index (χ1) is 38.6. The van der Waals surface area contributed by atoms with E-state index < -0.39 is 100.0 Å². The van der Waals surface area contributed by atoms with Crippen LogP contribution in [0.4, 0.5) is 0 Å². The fraction of sp³-hybridized carbons (Fsp3) is 0.783. The van der Waals surface area contributed by atoms with Gasteiger partial charge in [-0.25, -0.2) is 4.98 Å². The third kappa shape index (κ3) is 21.5. The molecule has 0 spiro atoms. The summed E-state index contributed by atoms with van der Waals surface area (Å²) in [5.41, 5.74) is -4.84. The van der Waals surface area contributed by atoms with Gasteiger partial charge in [0.05, 0.1) is 5.54 Å². The molecule has 83 heavy (non-hydrogen) atoms. The van der Waals surface area contributed by atoms with Crippen LogP contribution in [0.25, 0.3) is 0 Å². The maximum absolute atomic E-state index is 14.4. The lowest BCUT2D eigenvalue weighted by atomic mass is 9.76. The highest BCUT2D eigenvalue weighted by Gasteiger charge is 2.43. The van der Waals surface area contributed by atoms with E-state index in [-0.39, 0.29) is 73.5 Å². The van der Waals surface area contributed by atoms with Crippen LogP contribution >= 0.6 is 0 Å². The van der Waals surface area contributed by atoms with Crippen LogP contribution in [-0.2, 0) is 43.2 Å². The van der Waals surface area contributed by atoms with Gasteiger partial charge in [0, 0.05) is 33.0 Å². The quantitative estimate of drug-likeness (QED) is 0.0475. The Labute approximate surface area is 492 Å². The van der Waals surface area contributed by atoms with Crippen LogP contribution < -0.4 is 47.9 Å². The van der Waals surface area contributed by atoms with Crippen LogP contribution in [0.3, 0.4) is 0 Å². The van der Waals surface area contributed by atoms with Crippen molar-refractivity contribution in [2.45, 2.75) is 239 Å². The molecule has 1 aromatic rings. The molecule has 0 radical (unpaired) electrons. The van der Waals surface area contributed by atoms with Gasteiger partial charge in [-0.3, -0.25) is 47.9 Å². The van der Waals surface area contributed by atoms with Crippen molar-refractivity contribution >= 4 is 59.1 Å². The molecule has 1 aromatic heterocycles. The number of likely N-dealkylation sites (N-methyl/N-ethyl adjacent to an activating group) is 1. The molecule has 3 fully saturated rings. The summed E-state index contributed by atoms with van der Waals surface area (Å²) in [7, 11) is 3.91. The molecule has 3 aliphatic rings. The minimum Gasteiger partial charge on any atom is -0.448 e. The molecular formula is C60H102N12O11. The van der Waals surface area contributed by atoms with Crippen molar-refractivity contribution in [2.75, 3.05) is 33.7 Å². The molecule has 9 N–H and O–H groups in total. The highest BCUT2D eigenvalue weighted by atomic mass is 16.3. The van der Waals surface area contributed by atoms with E-state index in [4.69, 9.17) is 4.42 Å². The molecule has 5 atom stereocenters. The topological polar surface area (TPSA) is 311 Å². The van der Waals surface area contributed by atoms with E-state index in [0.29, 0.717) is 37.6 Å². The number of rotatable bonds is 31. The number of carbonyl (C=O) groups excluding carboxylic acids is 10. The van der Waals surface area contributed by atoms with E-state index in [0.717, 1.165) is 57.9 Å². The zero-order chi connectivity index (χ0) is 62.2. The van der Waals surface area contributed by atoms with Crippen LogP contribution in [0.1, 0.15) is 202 Å². The number of oxazole rings is 1. The van der Waals surface area contributed by atoms with E-state index in [2.05, 4.69) is 52.8 Å². The second-order valence-electron chi connectivity index (χ2n) is 26.8. The number of hydrogen-bond donors (Lipinski definition) is 9. The molecule has 0 bridgehead atoms. The summed E-state index contributed by atoms with van der Waals surface area (Å²) in [5.74, 6) is -6.64. The van der Waals surface area contributed by atoms with Crippen LogP contribution in [0, 0.1) is 36.5 Å². The smallest absolute Gasteiger partial charge is 0.277 e. The zero-order valence-electron chi connectivity index (χ0n) is 52.5. The molecular weight excluding hydrogens is 1060 g/mol. The number of likely N-dealkylation sites (tertiary alicyclic amines) is 1. The normalized spacial score (nSPS) is 18.1. The summed E-state index contributed by atoms with van der Waals surface area (Å²) in [4.78, 5) is 147. The van der Waals surface area contributed by atoms with Gasteiger partial charge in [0.2, 0.25) is 53.2 Å². The number of hydrogen-bond acceptors (Lipinski definition) is 13. The van der Waals surface area contributed by atoms with E-state index >= 15 is 0 Å². The van der Waals surface area contributed by atoms with Gasteiger partial charge in [-0.2, -0.15) is 0 Å². The molecule has 0 unspecified atom stereocenters. The van der Waals surface area contributed by atoms with Gasteiger partial charge in [0.1, 0.15) is 53.1 Å². The first-order valence-corrected chi connectivity index (χ1v) is 30.3. The molecule has 10 amide bonds. The Kier molecular flexibility index (Phi) is 25.6. The minimum atomic E-state index is -1.65. The Hall–Kier alpha value is -6.13. The molecule has 2 saturated carbocycles. The molecule has 0 aromatic carbocycles. The maximum atomic E-state index is 14.4. The van der Waals surface area contributed by atoms with E-state index in [1.165, 1.54) is 52.7 Å². The van der Waals surface area contributed by atoms with Crippen LogP contribution in [-0.4, -0.2) is 154 Å². The average Bonchev–Trinajstić information content (AvgIpc) is 4.24. The summed E-state index contributed by atoms with van der Waals surface area (Å²) in [6, 6.07) is -3.51. The third-order valence-electron chi connectivity index (χ3n) is 15.9. The van der Waals surface area contributed by atoms with Gasteiger partial charge in [0.25, 0.3) is 5.91 Å². The minimum absolute atomic E-state index is 0.0467. The van der Waals surface area contributed by atoms with E-state index in [1.807, 2.05) is 60.5 Å². The first kappa shape index (κ1) is 69.4. The first-order valence-electron chi connectivity index (χ1n) is 30.3. The molecule has 2 heterocycles. The molecule has 1 aliphatic heterocycles. The zero-order valence-corrected chi connectivity index (χ0v) is 52.5. The molecule has 4 rings (SSSR count). The summed E-state index contributed by atoms with van der Waals surface area (Å²) < 4.78 is 5.27. The number of nitrogens with zero attached hydrogens (tertiary/aromatic N) is 3. The molecule has 23 heteroatoms. The predicted molar refractivity (Wildman–Crippen MR) is 314 cm³/mol. The van der Waals surface area contributed by atoms with Gasteiger partial charge in [-0.1, -0.05) is 73.6 Å². The van der Waals surface area contributed by atoms with Crippen molar-refractivity contribution in [2.24, 2.45) is 29.6 Å². The Morgan fingerprint density at radius 3 is 1.69 bits per heavy atom. The van der Waals surface area contributed by atoms with Crippen molar-refractivity contribution in [3.05, 3.63) is 17.8 Å². The number of aryl methyl sites for hydroxylation is 1. The summed E-state index contributed by atoms with van der Waals surface area (Å²) in [5, 5.41) is 25.5. The van der Waals surface area contributed by atoms with E-state index in [9.17, 15) is 47.9 Å². The summed E-state index contributed by atoms with van der Waals surface area (Å²) >= 11 is 0. The largest absolute Gasteiger partial charge is 0.448 e. The second-order valence-corrected chi connectivity index (χ2v) is 26.8. The van der Waals surface area contributed by atoms with Gasteiger partial charge < -0.3 is 62.1 Å². The third-order valence-corrected chi connectivity index (χ3v) is 15.9. The Balaban J connectivity index is 1.41. The predicted octanol–water partition coefficient (Wildman–Crippen LogP) is 4.02. The van der Waals surface area contributed by atoms with Crippen LogP contribution in [0.15, 0.2) is 10.7 Å². The van der Waals surface area contributed by atoms with Crippen molar-refractivity contribution in [3.63, 3.8) is 0 Å². The van der Waals surface area contributed by atoms with Gasteiger partial charge in [0.15, 0.2) is 11.6 Å². The summed E-state index contributed by atoms with van der Waals surface area (Å²) in [6.07, 6.45) is 11.1. The lowest BCUT2D eigenvalue weighted by Gasteiger charge is -2.44. The number of amides is 10. The monoisotopic (exact) mass is 1170 g/mol. The highest BCUT2D eigenvalue weighted by molar-refractivity contribution is 6.03. The lowest BCUT2D eigenvalue weighted by molar-refractivity contribution is -0.140. The molecule has 1 saturated heterocycles. The Morgan fingerprint density at radius 1 is 0.651 bits per heavy atom. The Bertz CT molecular complexity index is 2420. The van der Waals surface area contributed by atoms with Gasteiger partial charge in [-0.05, 0) is 144 Å². The van der Waals surface area contributed by atoms with Crippen molar-refractivity contribution in [1.29, 1.82) is 0 Å². The number of nitrogens with one attached hydrogen (secondary N) is 9. The number of aromatic nitrogens is 1. The number of carbonyl (C=O) groups is 10. The van der Waals surface area contributed by atoms with Crippen molar-refractivity contribution in [1.82, 2.24) is 62.6 Å². The van der Waals surface area contributed by atoms with Gasteiger partial charge in [-0.15, -0.1) is 0 Å². The van der Waals surface area contributed by atoms with Crippen molar-refractivity contribution < 1.29 is 52.4 Å². The highest BCUT2D eigenvalue weighted by Crippen LogP contribution is 2.33. The van der Waals surface area contributed by atoms with E-state index in [1.54, 1.807) is 6.92 Å². The molecule has 23 nitrogen and oxygen atoms in total. The average molecular weight is 1170 g/mol. The van der Waals surface area contributed by atoms with Crippen molar-refractivity contribution in [3.8, 4) is 0 Å². The van der Waals surface area contributed by atoms with Crippen LogP contribution in [0.2, 0.25) is 0 Å². The van der Waals surface area contributed by atoms with Crippen LogP contribution in [0.5, 0.6) is 0 Å². The summed E-state index contributed by atoms with van der Waals surface area (Å²) in [6.45, 7) is 22.9. The fourth-order valence-corrected chi connectivity index (χ4v) is 11.1. The SMILES string of the molecule is Cc1nc(C(=O)N2CCC[C@@H]2NC(=O)[C@H](CCC2CCCCC2)C(=O)N[C@H](CC(C)C)C(=O)NC(C)(C)C(=O)N[C@H](CC(C)C)C(=O)N[C@H](CC(C)C)C(=O)NC(C)(C)C(=O)NC(C)(C)C(=O)NCCC(=O)NC2(CN(C)C)CCC2)co1. The lowest BCUT2D eigenvalue weighted by Crippen LogP contribution is -2.65. The molecule has 2 aliphatic carbocycles. The molecule has 468 valence electrons. The fourth-order valence-electron chi connectivity index (χ4n) is 11.1. The standard InChI is InChI=1S/C60H102N12O11/c1-36(2)31-42(50(76)64-44(33-38(5)6)52(78)69-59(12,13)56(82)70-57(8,9)54(80)61-29-26-47(73)67-60(27-20-28-60)35-71(14)15)65-55(81)58(10,11)68-51(77)43(32-37(3)4)63-48(74)41(25-24-40-21-17-16-18-22-40)49(75)66-46-23-19-30-72(46)53(79)45-34-83-39(7)62-45/h34,36-38,40-44,46H,16-33,35H2,1-15H3,(H,61,80)(H,63,74)(H,64,76)(H,65,81)(H,66,75)(H,67,73)(H,68,77)(H,69,78)(H,70,82)/t41-,42-,43-,44-,46-/m1/s1. The maximum Gasteiger partial charge on any atom is 0.277 e. The second kappa shape index (κ2) is 30.6.